The second-order valence-electron chi connectivity index (χ2n) is 10.8. The third-order valence-corrected chi connectivity index (χ3v) is 8.52. The van der Waals surface area contributed by atoms with E-state index in [-0.39, 0.29) is 36.2 Å². The Morgan fingerprint density at radius 2 is 1.98 bits per heavy atom. The van der Waals surface area contributed by atoms with E-state index in [2.05, 4.69) is 19.9 Å². The van der Waals surface area contributed by atoms with Crippen LogP contribution in [0.2, 0.25) is 0 Å². The summed E-state index contributed by atoms with van der Waals surface area (Å²) in [4.78, 5) is 45.2. The van der Waals surface area contributed by atoms with Crippen molar-refractivity contribution in [2.75, 3.05) is 31.7 Å². The maximum atomic E-state index is 15.1. The van der Waals surface area contributed by atoms with Crippen molar-refractivity contribution < 1.29 is 33.7 Å². The summed E-state index contributed by atoms with van der Waals surface area (Å²) in [6, 6.07) is 8.88. The maximum Gasteiger partial charge on any atom is 0.412 e. The number of fused-ring (bicyclic) bond motifs is 2. The maximum absolute atomic E-state index is 15.1. The van der Waals surface area contributed by atoms with Crippen LogP contribution in [0.15, 0.2) is 48.8 Å². The van der Waals surface area contributed by atoms with Crippen LogP contribution in [0.25, 0.3) is 31.8 Å². The monoisotopic (exact) mass is 632 g/mol. The summed E-state index contributed by atoms with van der Waals surface area (Å²) in [5, 5.41) is 20.3. The van der Waals surface area contributed by atoms with Crippen LogP contribution >= 0.6 is 11.3 Å². The molecule has 232 valence electrons. The number of aromatic nitrogens is 4. The molecule has 1 fully saturated rings. The number of aliphatic hydroxyl groups excluding tert-OH is 1. The van der Waals surface area contributed by atoms with Gasteiger partial charge in [-0.1, -0.05) is 0 Å². The molecule has 4 heterocycles. The minimum atomic E-state index is -1.26. The van der Waals surface area contributed by atoms with E-state index in [9.17, 15) is 19.8 Å². The Bertz CT molecular complexity index is 1920. The van der Waals surface area contributed by atoms with Gasteiger partial charge in [0.05, 0.1) is 58.6 Å². The summed E-state index contributed by atoms with van der Waals surface area (Å²) in [6.45, 7) is 4.06. The average molecular weight is 633 g/mol. The SMILES string of the molecule is COc1cnc2c(-c3nc4cc(F)c(OCC(C)N(C(=O)O)c5ccc(C(=O)N6CC[C@@H](O)C6)nc5)cc4s3)cc(C)cc2n1. The Morgan fingerprint density at radius 1 is 1.16 bits per heavy atom. The molecule has 0 bridgehead atoms. The van der Waals surface area contributed by atoms with Gasteiger partial charge in [0.15, 0.2) is 11.6 Å². The lowest BCUT2D eigenvalue weighted by Crippen LogP contribution is -2.41. The molecule has 1 unspecified atom stereocenters. The number of rotatable bonds is 8. The molecule has 0 spiro atoms. The Labute approximate surface area is 260 Å². The number of thiazole rings is 1. The number of aliphatic hydroxyl groups is 1. The zero-order valence-electron chi connectivity index (χ0n) is 24.6. The predicted octanol–water partition coefficient (Wildman–Crippen LogP) is 4.92. The van der Waals surface area contributed by atoms with Gasteiger partial charge < -0.3 is 24.6 Å². The van der Waals surface area contributed by atoms with Gasteiger partial charge in [-0.2, -0.15) is 0 Å². The van der Waals surface area contributed by atoms with Gasteiger partial charge in [-0.15, -0.1) is 11.3 Å². The molecule has 2 aromatic carbocycles. The number of likely N-dealkylation sites (tertiary alicyclic amines) is 1. The van der Waals surface area contributed by atoms with E-state index < -0.39 is 24.1 Å². The number of β-amino-alcohol motifs (C(OH)–C–C–N with tert-alkyl or cyclic N) is 1. The van der Waals surface area contributed by atoms with Crippen LogP contribution in [0.1, 0.15) is 29.4 Å². The lowest BCUT2D eigenvalue weighted by molar-refractivity contribution is 0.0759. The highest BCUT2D eigenvalue weighted by Crippen LogP contribution is 2.37. The van der Waals surface area contributed by atoms with E-state index in [1.54, 1.807) is 13.0 Å². The first kappa shape index (κ1) is 30.1. The molecule has 2 amide bonds. The van der Waals surface area contributed by atoms with E-state index in [1.807, 2.05) is 19.1 Å². The van der Waals surface area contributed by atoms with Crippen LogP contribution in [-0.2, 0) is 0 Å². The zero-order chi connectivity index (χ0) is 31.8. The largest absolute Gasteiger partial charge is 0.488 e. The van der Waals surface area contributed by atoms with Crippen molar-refractivity contribution in [1.82, 2.24) is 24.8 Å². The van der Waals surface area contributed by atoms with Crippen molar-refractivity contribution in [2.45, 2.75) is 32.4 Å². The Morgan fingerprint density at radius 3 is 2.67 bits per heavy atom. The summed E-state index contributed by atoms with van der Waals surface area (Å²) in [5.74, 6) is -0.619. The quantitative estimate of drug-likeness (QED) is 0.241. The number of hydrogen-bond donors (Lipinski definition) is 2. The van der Waals surface area contributed by atoms with Crippen molar-refractivity contribution in [1.29, 1.82) is 0 Å². The summed E-state index contributed by atoms with van der Waals surface area (Å²) >= 11 is 1.35. The summed E-state index contributed by atoms with van der Waals surface area (Å²) in [5.41, 5.74) is 3.82. The van der Waals surface area contributed by atoms with Crippen LogP contribution in [0, 0.1) is 12.7 Å². The van der Waals surface area contributed by atoms with Crippen molar-refractivity contribution in [3.05, 3.63) is 65.9 Å². The van der Waals surface area contributed by atoms with E-state index in [0.717, 1.165) is 16.0 Å². The Hall–Kier alpha value is -4.95. The molecule has 14 heteroatoms. The Balaban J connectivity index is 1.20. The molecule has 2 atom stereocenters. The van der Waals surface area contributed by atoms with Gasteiger partial charge in [0.25, 0.3) is 5.91 Å². The number of carbonyl (C=O) groups is 2. The molecule has 5 aromatic rings. The predicted molar refractivity (Wildman–Crippen MR) is 166 cm³/mol. The van der Waals surface area contributed by atoms with Gasteiger partial charge in [0, 0.05) is 30.8 Å². The smallest absolute Gasteiger partial charge is 0.412 e. The topological polar surface area (TPSA) is 151 Å². The summed E-state index contributed by atoms with van der Waals surface area (Å²) in [6.07, 6.45) is 1.51. The molecule has 2 N–H and O–H groups in total. The highest BCUT2D eigenvalue weighted by atomic mass is 32.1. The molecule has 45 heavy (non-hydrogen) atoms. The van der Waals surface area contributed by atoms with Gasteiger partial charge in [-0.3, -0.25) is 9.69 Å². The van der Waals surface area contributed by atoms with Gasteiger partial charge in [-0.05, 0) is 50.1 Å². The molecular weight excluding hydrogens is 603 g/mol. The number of hydrogen-bond acceptors (Lipinski definition) is 10. The molecule has 12 nitrogen and oxygen atoms in total. The van der Waals surface area contributed by atoms with Crippen molar-refractivity contribution in [3.63, 3.8) is 0 Å². The number of methoxy groups -OCH3 is 1. The lowest BCUT2D eigenvalue weighted by atomic mass is 10.1. The first-order chi connectivity index (χ1) is 21.6. The average Bonchev–Trinajstić information content (AvgIpc) is 3.64. The number of pyridine rings is 1. The van der Waals surface area contributed by atoms with E-state index in [4.69, 9.17) is 9.47 Å². The first-order valence-corrected chi connectivity index (χ1v) is 14.9. The number of benzene rings is 2. The standard InChI is InChI=1S/C31H29FN6O6S/c1-16-8-20(28-24(9-16)35-27(43-3)13-34-28)29-36-23-10-21(32)25(11-26(23)45-29)44-15-17(2)38(31(41)42)18-4-5-22(33-12-18)30(40)37-7-6-19(39)14-37/h4-5,8-13,17,19,39H,6-7,14-15H2,1-3H3,(H,41,42)/t17?,19-/m1/s1. The van der Waals surface area contributed by atoms with Crippen molar-refractivity contribution >= 4 is 50.3 Å². The van der Waals surface area contributed by atoms with E-state index >= 15 is 4.39 Å². The van der Waals surface area contributed by atoms with E-state index in [1.165, 1.54) is 53.9 Å². The number of aryl methyl sites for hydroxylation is 1. The normalized spacial score (nSPS) is 15.4. The fourth-order valence-electron chi connectivity index (χ4n) is 5.25. The van der Waals surface area contributed by atoms with Crippen LogP contribution in [-0.4, -0.2) is 86.0 Å². The second kappa shape index (κ2) is 12.2. The molecule has 0 radical (unpaired) electrons. The number of halogens is 1. The molecule has 1 aliphatic rings. The molecule has 0 saturated carbocycles. The molecule has 6 rings (SSSR count). The number of anilines is 1. The van der Waals surface area contributed by atoms with Crippen LogP contribution in [0.5, 0.6) is 11.6 Å². The second-order valence-corrected chi connectivity index (χ2v) is 11.8. The van der Waals surface area contributed by atoms with Crippen LogP contribution < -0.4 is 14.4 Å². The number of carbonyl (C=O) groups excluding carboxylic acids is 1. The van der Waals surface area contributed by atoms with Crippen LogP contribution in [0.3, 0.4) is 0 Å². The number of amides is 2. The molecule has 1 aliphatic heterocycles. The van der Waals surface area contributed by atoms with Gasteiger partial charge in [-0.25, -0.2) is 29.1 Å². The van der Waals surface area contributed by atoms with Gasteiger partial charge in [0.2, 0.25) is 5.88 Å². The summed E-state index contributed by atoms with van der Waals surface area (Å²) < 4.78 is 26.8. The number of carboxylic acid groups (broad SMARTS) is 1. The van der Waals surface area contributed by atoms with Crippen molar-refractivity contribution in [3.8, 4) is 22.2 Å². The highest BCUT2D eigenvalue weighted by molar-refractivity contribution is 7.21. The number of nitrogens with zero attached hydrogens (tertiary/aromatic N) is 6. The molecule has 1 saturated heterocycles. The zero-order valence-corrected chi connectivity index (χ0v) is 25.4. The minimum Gasteiger partial charge on any atom is -0.488 e. The molecule has 3 aromatic heterocycles. The fraction of sp³-hybridized carbons (Fsp3) is 0.290. The number of ether oxygens (including phenoxy) is 2. The third kappa shape index (κ3) is 6.06. The lowest BCUT2D eigenvalue weighted by Gasteiger charge is -2.26. The highest BCUT2D eigenvalue weighted by Gasteiger charge is 2.28. The fourth-order valence-corrected chi connectivity index (χ4v) is 6.24. The molecular formula is C31H29FN6O6S. The van der Waals surface area contributed by atoms with Crippen LogP contribution in [0.4, 0.5) is 14.9 Å². The minimum absolute atomic E-state index is 0.0413. The van der Waals surface area contributed by atoms with E-state index in [0.29, 0.717) is 45.1 Å². The first-order valence-electron chi connectivity index (χ1n) is 14.1. The van der Waals surface area contributed by atoms with Crippen molar-refractivity contribution in [2.24, 2.45) is 0 Å². The third-order valence-electron chi connectivity index (χ3n) is 7.47. The van der Waals surface area contributed by atoms with Gasteiger partial charge >= 0.3 is 6.09 Å². The van der Waals surface area contributed by atoms with Gasteiger partial charge in [0.1, 0.15) is 17.3 Å². The molecule has 0 aliphatic carbocycles. The Kier molecular flexibility index (Phi) is 8.16. The summed E-state index contributed by atoms with van der Waals surface area (Å²) in [7, 11) is 1.52.